The smallest absolute Gasteiger partial charge is 0.122 e. The largest absolute Gasteiger partial charge is 0.491 e. The Hall–Kier alpha value is -1.55. The zero-order valence-corrected chi connectivity index (χ0v) is 10.2. The average Bonchev–Trinajstić information content (AvgIpc) is 2.34. The van der Waals surface area contributed by atoms with Gasteiger partial charge in [-0.15, -0.1) is 0 Å². The van der Waals surface area contributed by atoms with E-state index in [1.54, 1.807) is 12.1 Å². The van der Waals surface area contributed by atoms with Crippen LogP contribution in [0.25, 0.3) is 0 Å². The molecule has 1 rings (SSSR count). The van der Waals surface area contributed by atoms with Crippen molar-refractivity contribution < 1.29 is 9.47 Å². The van der Waals surface area contributed by atoms with Gasteiger partial charge >= 0.3 is 0 Å². The van der Waals surface area contributed by atoms with Gasteiger partial charge in [-0.05, 0) is 18.6 Å². The second kappa shape index (κ2) is 7.68. The topological polar surface area (TPSA) is 68.3 Å². The molecule has 0 atom stereocenters. The molecule has 1 aromatic rings. The van der Waals surface area contributed by atoms with Gasteiger partial charge in [-0.2, -0.15) is 0 Å². The van der Waals surface area contributed by atoms with Crippen LogP contribution in [0.5, 0.6) is 5.75 Å². The van der Waals surface area contributed by atoms with E-state index >= 15 is 0 Å². The molecule has 4 nitrogen and oxygen atoms in total. The summed E-state index contributed by atoms with van der Waals surface area (Å²) in [5.41, 5.74) is 6.07. The molecule has 0 aliphatic heterocycles. The Kier molecular flexibility index (Phi) is 6.10. The minimum absolute atomic E-state index is 0.0506. The van der Waals surface area contributed by atoms with Crippen LogP contribution in [-0.4, -0.2) is 25.7 Å². The van der Waals surface area contributed by atoms with Crippen molar-refractivity contribution in [2.75, 3.05) is 19.8 Å². The molecule has 0 amide bonds. The third-order valence-corrected chi connectivity index (χ3v) is 2.28. The lowest BCUT2D eigenvalue weighted by Gasteiger charge is -2.08. The Morgan fingerprint density at radius 3 is 2.82 bits per heavy atom. The van der Waals surface area contributed by atoms with Crippen LogP contribution in [0.4, 0.5) is 0 Å². The summed E-state index contributed by atoms with van der Waals surface area (Å²) in [6.45, 7) is 4.02. The lowest BCUT2D eigenvalue weighted by molar-refractivity contribution is 0.0980. The highest BCUT2D eigenvalue weighted by Gasteiger charge is 1.99. The van der Waals surface area contributed by atoms with E-state index in [1.165, 1.54) is 0 Å². The molecule has 17 heavy (non-hydrogen) atoms. The number of hydrogen-bond donors (Lipinski definition) is 2. The highest BCUT2D eigenvalue weighted by molar-refractivity contribution is 5.95. The number of hydrogen-bond acceptors (Lipinski definition) is 3. The average molecular weight is 236 g/mol. The molecule has 0 bridgehead atoms. The SMILES string of the molecule is CCCCOCCOc1cccc(C(=N)N)c1. The predicted octanol–water partition coefficient (Wildman–Crippen LogP) is 2.17. The second-order valence-electron chi connectivity index (χ2n) is 3.76. The third-order valence-electron chi connectivity index (χ3n) is 2.28. The molecule has 0 saturated heterocycles. The number of rotatable bonds is 8. The summed E-state index contributed by atoms with van der Waals surface area (Å²) in [6.07, 6.45) is 2.22. The molecule has 0 fully saturated rings. The Morgan fingerprint density at radius 2 is 2.12 bits per heavy atom. The third kappa shape index (κ3) is 5.36. The zero-order valence-electron chi connectivity index (χ0n) is 10.2. The van der Waals surface area contributed by atoms with E-state index in [0.29, 0.717) is 18.8 Å². The van der Waals surface area contributed by atoms with Gasteiger partial charge in [0.05, 0.1) is 6.61 Å². The standard InChI is InChI=1S/C13H20N2O2/c1-2-3-7-16-8-9-17-12-6-4-5-11(10-12)13(14)15/h4-6,10H,2-3,7-9H2,1H3,(H3,14,15). The van der Waals surface area contributed by atoms with Crippen molar-refractivity contribution in [3.8, 4) is 5.75 Å². The summed E-state index contributed by atoms with van der Waals surface area (Å²) in [7, 11) is 0. The van der Waals surface area contributed by atoms with Gasteiger partial charge < -0.3 is 15.2 Å². The second-order valence-corrected chi connectivity index (χ2v) is 3.76. The first-order valence-corrected chi connectivity index (χ1v) is 5.89. The normalized spacial score (nSPS) is 10.2. The monoisotopic (exact) mass is 236 g/mol. The number of nitrogens with two attached hydrogens (primary N) is 1. The van der Waals surface area contributed by atoms with E-state index in [4.69, 9.17) is 20.6 Å². The molecule has 4 heteroatoms. The van der Waals surface area contributed by atoms with E-state index < -0.39 is 0 Å². The van der Waals surface area contributed by atoms with Gasteiger partial charge in [0.2, 0.25) is 0 Å². The summed E-state index contributed by atoms with van der Waals surface area (Å²) in [5.74, 6) is 0.770. The Labute approximate surface area is 102 Å². The summed E-state index contributed by atoms with van der Waals surface area (Å²) in [6, 6.07) is 7.21. The first-order valence-electron chi connectivity index (χ1n) is 5.89. The highest BCUT2D eigenvalue weighted by Crippen LogP contribution is 2.12. The van der Waals surface area contributed by atoms with Crippen molar-refractivity contribution in [1.29, 1.82) is 5.41 Å². The number of amidine groups is 1. The van der Waals surface area contributed by atoms with Crippen molar-refractivity contribution in [2.24, 2.45) is 5.73 Å². The molecule has 94 valence electrons. The van der Waals surface area contributed by atoms with Crippen molar-refractivity contribution in [3.63, 3.8) is 0 Å². The van der Waals surface area contributed by atoms with Crippen LogP contribution in [0.1, 0.15) is 25.3 Å². The first kappa shape index (κ1) is 13.5. The van der Waals surface area contributed by atoms with E-state index in [9.17, 15) is 0 Å². The first-order chi connectivity index (χ1) is 8.24. The van der Waals surface area contributed by atoms with Gasteiger partial charge in [-0.25, -0.2) is 0 Å². The Balaban J connectivity index is 2.27. The lowest BCUT2D eigenvalue weighted by Crippen LogP contribution is -2.11. The number of nitrogen functional groups attached to an aromatic ring is 1. The van der Waals surface area contributed by atoms with Gasteiger partial charge in [0.25, 0.3) is 0 Å². The van der Waals surface area contributed by atoms with E-state index in [-0.39, 0.29) is 5.84 Å². The molecule has 0 saturated carbocycles. The molecule has 0 aromatic heterocycles. The fourth-order valence-electron chi connectivity index (χ4n) is 1.32. The fraction of sp³-hybridized carbons (Fsp3) is 0.462. The molecule has 0 aliphatic carbocycles. The van der Waals surface area contributed by atoms with Crippen molar-refractivity contribution in [1.82, 2.24) is 0 Å². The lowest BCUT2D eigenvalue weighted by atomic mass is 10.2. The maximum absolute atomic E-state index is 7.32. The quantitative estimate of drug-likeness (QED) is 0.413. The number of unbranched alkanes of at least 4 members (excludes halogenated alkanes) is 1. The van der Waals surface area contributed by atoms with Crippen LogP contribution in [-0.2, 0) is 4.74 Å². The molecular formula is C13H20N2O2. The maximum atomic E-state index is 7.32. The van der Waals surface area contributed by atoms with Crippen molar-refractivity contribution in [3.05, 3.63) is 29.8 Å². The van der Waals surface area contributed by atoms with Gasteiger partial charge in [0.1, 0.15) is 18.2 Å². The fourth-order valence-corrected chi connectivity index (χ4v) is 1.32. The van der Waals surface area contributed by atoms with Crippen LogP contribution in [0.15, 0.2) is 24.3 Å². The minimum Gasteiger partial charge on any atom is -0.491 e. The van der Waals surface area contributed by atoms with Gasteiger partial charge in [0, 0.05) is 12.2 Å². The van der Waals surface area contributed by atoms with Crippen LogP contribution < -0.4 is 10.5 Å². The van der Waals surface area contributed by atoms with Gasteiger partial charge in [-0.3, -0.25) is 5.41 Å². The molecular weight excluding hydrogens is 216 g/mol. The van der Waals surface area contributed by atoms with E-state index in [1.807, 2.05) is 12.1 Å². The van der Waals surface area contributed by atoms with Crippen molar-refractivity contribution in [2.45, 2.75) is 19.8 Å². The molecule has 3 N–H and O–H groups in total. The van der Waals surface area contributed by atoms with Crippen LogP contribution in [0, 0.1) is 5.41 Å². The molecule has 0 spiro atoms. The highest BCUT2D eigenvalue weighted by atomic mass is 16.5. The Morgan fingerprint density at radius 1 is 1.29 bits per heavy atom. The maximum Gasteiger partial charge on any atom is 0.122 e. The summed E-state index contributed by atoms with van der Waals surface area (Å²) in [4.78, 5) is 0. The van der Waals surface area contributed by atoms with Crippen LogP contribution >= 0.6 is 0 Å². The molecule has 0 radical (unpaired) electrons. The number of ether oxygens (including phenoxy) is 2. The Bertz CT molecular complexity index is 353. The number of benzene rings is 1. The molecule has 0 heterocycles. The zero-order chi connectivity index (χ0) is 12.5. The van der Waals surface area contributed by atoms with Gasteiger partial charge in [0.15, 0.2) is 0 Å². The predicted molar refractivity (Wildman–Crippen MR) is 68.7 cm³/mol. The van der Waals surface area contributed by atoms with E-state index in [2.05, 4.69) is 6.92 Å². The van der Waals surface area contributed by atoms with Crippen LogP contribution in [0.2, 0.25) is 0 Å². The molecule has 0 aliphatic rings. The summed E-state index contributed by atoms with van der Waals surface area (Å²) >= 11 is 0. The van der Waals surface area contributed by atoms with E-state index in [0.717, 1.165) is 25.2 Å². The van der Waals surface area contributed by atoms with Gasteiger partial charge in [-0.1, -0.05) is 25.5 Å². The minimum atomic E-state index is 0.0506. The number of nitrogens with one attached hydrogen (secondary N) is 1. The van der Waals surface area contributed by atoms with Crippen molar-refractivity contribution >= 4 is 5.84 Å². The molecule has 0 unspecified atom stereocenters. The summed E-state index contributed by atoms with van der Waals surface area (Å²) in [5, 5.41) is 7.32. The summed E-state index contributed by atoms with van der Waals surface area (Å²) < 4.78 is 10.9. The molecule has 1 aromatic carbocycles. The van der Waals surface area contributed by atoms with Crippen LogP contribution in [0.3, 0.4) is 0 Å².